The minimum absolute atomic E-state index is 0.230. The fourth-order valence-electron chi connectivity index (χ4n) is 2.05. The van der Waals surface area contributed by atoms with E-state index in [1.807, 2.05) is 0 Å². The molecule has 1 saturated heterocycles. The van der Waals surface area contributed by atoms with Crippen molar-refractivity contribution in [2.24, 2.45) is 5.73 Å². The SMILES string of the molecule is NC(CCCCB(O)O)CCN1CCOCC1. The van der Waals surface area contributed by atoms with Crippen LogP contribution in [0.25, 0.3) is 0 Å². The Morgan fingerprint density at radius 1 is 1.18 bits per heavy atom. The predicted molar refractivity (Wildman–Crippen MR) is 68.7 cm³/mol. The minimum atomic E-state index is -1.17. The van der Waals surface area contributed by atoms with Gasteiger partial charge in [0.05, 0.1) is 13.2 Å². The van der Waals surface area contributed by atoms with Gasteiger partial charge in [0, 0.05) is 19.1 Å². The van der Waals surface area contributed by atoms with Crippen LogP contribution >= 0.6 is 0 Å². The first-order chi connectivity index (χ1) is 8.18. The van der Waals surface area contributed by atoms with Gasteiger partial charge in [-0.2, -0.15) is 0 Å². The van der Waals surface area contributed by atoms with Gasteiger partial charge >= 0.3 is 7.12 Å². The summed E-state index contributed by atoms with van der Waals surface area (Å²) in [7, 11) is -1.17. The molecule has 1 unspecified atom stereocenters. The molecule has 6 heteroatoms. The van der Waals surface area contributed by atoms with Gasteiger partial charge < -0.3 is 20.5 Å². The van der Waals surface area contributed by atoms with Gasteiger partial charge in [-0.1, -0.05) is 12.8 Å². The Morgan fingerprint density at radius 2 is 1.88 bits per heavy atom. The third-order valence-electron chi connectivity index (χ3n) is 3.21. The van der Waals surface area contributed by atoms with Gasteiger partial charge in [0.25, 0.3) is 0 Å². The Balaban J connectivity index is 1.94. The first-order valence-corrected chi connectivity index (χ1v) is 6.60. The van der Waals surface area contributed by atoms with Crippen molar-refractivity contribution in [1.82, 2.24) is 4.90 Å². The van der Waals surface area contributed by atoms with Crippen LogP contribution in [0.4, 0.5) is 0 Å². The van der Waals surface area contributed by atoms with Crippen molar-refractivity contribution in [3.05, 3.63) is 0 Å². The van der Waals surface area contributed by atoms with E-state index in [-0.39, 0.29) is 6.04 Å². The third-order valence-corrected chi connectivity index (χ3v) is 3.21. The summed E-state index contributed by atoms with van der Waals surface area (Å²) in [6, 6.07) is 0.230. The van der Waals surface area contributed by atoms with Crippen molar-refractivity contribution in [2.75, 3.05) is 32.8 Å². The molecule has 0 amide bonds. The summed E-state index contributed by atoms with van der Waals surface area (Å²) in [6.45, 7) is 4.76. The first kappa shape index (κ1) is 14.9. The summed E-state index contributed by atoms with van der Waals surface area (Å²) in [5.74, 6) is 0. The molecule has 0 bridgehead atoms. The third kappa shape index (κ3) is 7.73. The van der Waals surface area contributed by atoms with Gasteiger partial charge in [-0.15, -0.1) is 0 Å². The Morgan fingerprint density at radius 3 is 2.53 bits per heavy atom. The van der Waals surface area contributed by atoms with E-state index in [1.165, 1.54) is 0 Å². The highest BCUT2D eigenvalue weighted by atomic mass is 16.5. The molecule has 1 rings (SSSR count). The highest BCUT2D eigenvalue weighted by Gasteiger charge is 2.12. The van der Waals surface area contributed by atoms with Gasteiger partial charge in [0.15, 0.2) is 0 Å². The number of ether oxygens (including phenoxy) is 1. The highest BCUT2D eigenvalue weighted by Crippen LogP contribution is 2.07. The smallest absolute Gasteiger partial charge is 0.427 e. The molecular formula is C11H25BN2O3. The van der Waals surface area contributed by atoms with E-state index in [9.17, 15) is 0 Å². The Hall–Kier alpha value is -0.135. The van der Waals surface area contributed by atoms with Crippen LogP contribution in [0, 0.1) is 0 Å². The van der Waals surface area contributed by atoms with Gasteiger partial charge in [-0.05, 0) is 25.7 Å². The summed E-state index contributed by atoms with van der Waals surface area (Å²) < 4.78 is 5.29. The van der Waals surface area contributed by atoms with E-state index in [1.54, 1.807) is 0 Å². The number of nitrogens with zero attached hydrogens (tertiary/aromatic N) is 1. The van der Waals surface area contributed by atoms with Gasteiger partial charge in [-0.25, -0.2) is 0 Å². The van der Waals surface area contributed by atoms with Crippen LogP contribution in [0.1, 0.15) is 25.7 Å². The molecule has 0 radical (unpaired) electrons. The second-order valence-corrected chi connectivity index (χ2v) is 4.77. The van der Waals surface area contributed by atoms with E-state index in [2.05, 4.69) is 4.90 Å². The Kier molecular flexibility index (Phi) is 7.80. The second-order valence-electron chi connectivity index (χ2n) is 4.77. The number of hydrogen-bond acceptors (Lipinski definition) is 5. The topological polar surface area (TPSA) is 79.0 Å². The lowest BCUT2D eigenvalue weighted by Crippen LogP contribution is -2.38. The molecule has 1 heterocycles. The van der Waals surface area contributed by atoms with E-state index < -0.39 is 7.12 Å². The van der Waals surface area contributed by atoms with Gasteiger partial charge in [-0.3, -0.25) is 4.90 Å². The number of morpholine rings is 1. The average molecular weight is 244 g/mol. The van der Waals surface area contributed by atoms with Crippen LogP contribution in [-0.2, 0) is 4.74 Å². The zero-order valence-electron chi connectivity index (χ0n) is 10.6. The molecular weight excluding hydrogens is 219 g/mol. The second kappa shape index (κ2) is 8.88. The highest BCUT2D eigenvalue weighted by molar-refractivity contribution is 6.40. The van der Waals surface area contributed by atoms with Gasteiger partial charge in [0.1, 0.15) is 0 Å². The molecule has 0 spiro atoms. The Bertz CT molecular complexity index is 190. The summed E-state index contributed by atoms with van der Waals surface area (Å²) in [6.07, 6.45) is 4.25. The lowest BCUT2D eigenvalue weighted by Gasteiger charge is -2.27. The number of rotatable bonds is 8. The van der Waals surface area contributed by atoms with E-state index in [4.69, 9.17) is 20.5 Å². The van der Waals surface area contributed by atoms with Crippen molar-refractivity contribution in [2.45, 2.75) is 38.0 Å². The molecule has 1 aliphatic rings. The average Bonchev–Trinajstić information content (AvgIpc) is 2.33. The van der Waals surface area contributed by atoms with E-state index >= 15 is 0 Å². The molecule has 1 fully saturated rings. The van der Waals surface area contributed by atoms with Crippen LogP contribution < -0.4 is 5.73 Å². The zero-order chi connectivity index (χ0) is 12.5. The first-order valence-electron chi connectivity index (χ1n) is 6.60. The largest absolute Gasteiger partial charge is 0.451 e. The summed E-state index contributed by atoms with van der Waals surface area (Å²) >= 11 is 0. The van der Waals surface area contributed by atoms with Crippen LogP contribution in [0.15, 0.2) is 0 Å². The molecule has 0 saturated carbocycles. The summed E-state index contributed by atoms with van der Waals surface area (Å²) in [5, 5.41) is 17.4. The summed E-state index contributed by atoms with van der Waals surface area (Å²) in [5.41, 5.74) is 6.02. The maximum atomic E-state index is 8.70. The van der Waals surface area contributed by atoms with Crippen molar-refractivity contribution in [3.8, 4) is 0 Å². The molecule has 5 nitrogen and oxygen atoms in total. The zero-order valence-corrected chi connectivity index (χ0v) is 10.6. The fraction of sp³-hybridized carbons (Fsp3) is 1.00. The van der Waals surface area contributed by atoms with Crippen molar-refractivity contribution < 1.29 is 14.8 Å². The molecule has 4 N–H and O–H groups in total. The van der Waals surface area contributed by atoms with Crippen molar-refractivity contribution >= 4 is 7.12 Å². The molecule has 1 aliphatic heterocycles. The molecule has 0 aromatic rings. The number of unbranched alkanes of at least 4 members (excludes halogenated alkanes) is 1. The maximum Gasteiger partial charge on any atom is 0.451 e. The molecule has 0 aliphatic carbocycles. The van der Waals surface area contributed by atoms with Crippen molar-refractivity contribution in [3.63, 3.8) is 0 Å². The van der Waals surface area contributed by atoms with E-state index in [0.717, 1.165) is 58.5 Å². The molecule has 0 aromatic heterocycles. The predicted octanol–water partition coefficient (Wildman–Crippen LogP) is -0.321. The van der Waals surface area contributed by atoms with Crippen LogP contribution in [0.5, 0.6) is 0 Å². The van der Waals surface area contributed by atoms with Crippen LogP contribution in [0.2, 0.25) is 6.32 Å². The molecule has 17 heavy (non-hydrogen) atoms. The van der Waals surface area contributed by atoms with Crippen molar-refractivity contribution in [1.29, 1.82) is 0 Å². The normalized spacial score (nSPS) is 19.2. The Labute approximate surface area is 104 Å². The monoisotopic (exact) mass is 244 g/mol. The quantitative estimate of drug-likeness (QED) is 0.403. The standard InChI is InChI=1S/C11H25BN2O3/c13-11(3-1-2-5-12(15)16)4-6-14-7-9-17-10-8-14/h11,15-16H,1-10,13H2. The van der Waals surface area contributed by atoms with Crippen LogP contribution in [-0.4, -0.2) is 61.0 Å². The van der Waals surface area contributed by atoms with E-state index in [0.29, 0.717) is 6.32 Å². The lowest BCUT2D eigenvalue weighted by molar-refractivity contribution is 0.0365. The molecule has 100 valence electrons. The molecule has 1 atom stereocenters. The number of hydrogen-bond donors (Lipinski definition) is 3. The number of nitrogens with two attached hydrogens (primary N) is 1. The minimum Gasteiger partial charge on any atom is -0.427 e. The summed E-state index contributed by atoms with van der Waals surface area (Å²) in [4.78, 5) is 2.39. The van der Waals surface area contributed by atoms with Crippen LogP contribution in [0.3, 0.4) is 0 Å². The maximum absolute atomic E-state index is 8.70. The lowest BCUT2D eigenvalue weighted by atomic mass is 9.83. The van der Waals surface area contributed by atoms with Gasteiger partial charge in [0.2, 0.25) is 0 Å². The fourth-order valence-corrected chi connectivity index (χ4v) is 2.05. The molecule has 0 aromatic carbocycles.